The molecule has 0 aliphatic heterocycles. The molecule has 2 nitrogen and oxygen atoms in total. The summed E-state index contributed by atoms with van der Waals surface area (Å²) in [5.41, 5.74) is 1.36. The zero-order valence-corrected chi connectivity index (χ0v) is 10.5. The van der Waals surface area contributed by atoms with Crippen LogP contribution in [-0.2, 0) is 0 Å². The van der Waals surface area contributed by atoms with Gasteiger partial charge in [0.2, 0.25) is 0 Å². The second kappa shape index (κ2) is 5.96. The van der Waals surface area contributed by atoms with Crippen molar-refractivity contribution in [1.82, 2.24) is 0 Å². The molecule has 2 rings (SSSR count). The van der Waals surface area contributed by atoms with E-state index in [1.165, 1.54) is 30.3 Å². The smallest absolute Gasteiger partial charge is 0.185 e. The van der Waals surface area contributed by atoms with Crippen molar-refractivity contribution in [1.29, 1.82) is 0 Å². The van der Waals surface area contributed by atoms with Gasteiger partial charge in [0.15, 0.2) is 5.78 Å². The normalized spacial score (nSPS) is 10.6. The van der Waals surface area contributed by atoms with Crippen LogP contribution in [-0.4, -0.2) is 12.9 Å². The Balaban J connectivity index is 2.08. The van der Waals surface area contributed by atoms with Crippen LogP contribution in [0.5, 0.6) is 5.75 Å². The Hall–Kier alpha value is -2.42. The SMILES string of the molecule is COc1ccc(/C=C/C(=O)c2ccc(F)cc2)cc1. The average Bonchev–Trinajstić information content (AvgIpc) is 2.46. The fraction of sp³-hybridized carbons (Fsp3) is 0.0625. The molecular formula is C16H13FO2. The molecule has 3 heteroatoms. The van der Waals surface area contributed by atoms with E-state index < -0.39 is 0 Å². The summed E-state index contributed by atoms with van der Waals surface area (Å²) < 4.78 is 17.8. The van der Waals surface area contributed by atoms with E-state index in [0.29, 0.717) is 5.56 Å². The Morgan fingerprint density at radius 1 is 1.05 bits per heavy atom. The topological polar surface area (TPSA) is 26.3 Å². The molecule has 0 saturated carbocycles. The van der Waals surface area contributed by atoms with E-state index in [2.05, 4.69) is 0 Å². The number of methoxy groups -OCH3 is 1. The molecule has 0 spiro atoms. The third-order valence-corrected chi connectivity index (χ3v) is 2.67. The number of ketones is 1. The first-order chi connectivity index (χ1) is 9.19. The van der Waals surface area contributed by atoms with Gasteiger partial charge in [0, 0.05) is 5.56 Å². The van der Waals surface area contributed by atoms with Crippen LogP contribution in [0.3, 0.4) is 0 Å². The predicted octanol–water partition coefficient (Wildman–Crippen LogP) is 3.73. The van der Waals surface area contributed by atoms with Crippen molar-refractivity contribution >= 4 is 11.9 Å². The van der Waals surface area contributed by atoms with Gasteiger partial charge < -0.3 is 4.74 Å². The number of hydrogen-bond acceptors (Lipinski definition) is 2. The second-order valence-corrected chi connectivity index (χ2v) is 3.98. The van der Waals surface area contributed by atoms with Gasteiger partial charge in [-0.05, 0) is 48.0 Å². The van der Waals surface area contributed by atoms with Crippen LogP contribution in [0, 0.1) is 5.82 Å². The van der Waals surface area contributed by atoms with Crippen LogP contribution in [0.4, 0.5) is 4.39 Å². The molecule has 0 aliphatic carbocycles. The third kappa shape index (κ3) is 3.52. The lowest BCUT2D eigenvalue weighted by Gasteiger charge is -1.99. The highest BCUT2D eigenvalue weighted by atomic mass is 19.1. The average molecular weight is 256 g/mol. The molecule has 2 aromatic rings. The maximum Gasteiger partial charge on any atom is 0.185 e. The molecule has 0 saturated heterocycles. The van der Waals surface area contributed by atoms with Crippen LogP contribution >= 0.6 is 0 Å². The number of carbonyl (C=O) groups excluding carboxylic acids is 1. The van der Waals surface area contributed by atoms with E-state index in [-0.39, 0.29) is 11.6 Å². The zero-order chi connectivity index (χ0) is 13.7. The Kier molecular flexibility index (Phi) is 4.08. The van der Waals surface area contributed by atoms with Crippen LogP contribution in [0.2, 0.25) is 0 Å². The molecule has 0 aromatic heterocycles. The third-order valence-electron chi connectivity index (χ3n) is 2.67. The largest absolute Gasteiger partial charge is 0.497 e. The first-order valence-electron chi connectivity index (χ1n) is 5.81. The maximum atomic E-state index is 12.7. The van der Waals surface area contributed by atoms with Crippen molar-refractivity contribution in [2.75, 3.05) is 7.11 Å². The summed E-state index contributed by atoms with van der Waals surface area (Å²) in [5.74, 6) is 0.258. The van der Waals surface area contributed by atoms with Crippen LogP contribution < -0.4 is 4.74 Å². The molecule has 0 radical (unpaired) electrons. The van der Waals surface area contributed by atoms with Crippen molar-refractivity contribution < 1.29 is 13.9 Å². The number of allylic oxidation sites excluding steroid dienone is 1. The molecule has 0 heterocycles. The molecule has 0 atom stereocenters. The van der Waals surface area contributed by atoms with Crippen LogP contribution in [0.25, 0.3) is 6.08 Å². The fourth-order valence-corrected chi connectivity index (χ4v) is 1.60. The molecule has 0 N–H and O–H groups in total. The van der Waals surface area contributed by atoms with Gasteiger partial charge in [0.25, 0.3) is 0 Å². The number of hydrogen-bond donors (Lipinski definition) is 0. The quantitative estimate of drug-likeness (QED) is 0.615. The maximum absolute atomic E-state index is 12.7. The first kappa shape index (κ1) is 13.0. The highest BCUT2D eigenvalue weighted by Crippen LogP contribution is 2.13. The molecule has 0 unspecified atom stereocenters. The van der Waals surface area contributed by atoms with Crippen molar-refractivity contribution in [3.8, 4) is 5.75 Å². The Morgan fingerprint density at radius 3 is 2.26 bits per heavy atom. The van der Waals surface area contributed by atoms with Crippen molar-refractivity contribution in [2.24, 2.45) is 0 Å². The van der Waals surface area contributed by atoms with E-state index in [1.807, 2.05) is 24.3 Å². The first-order valence-corrected chi connectivity index (χ1v) is 5.81. The van der Waals surface area contributed by atoms with E-state index >= 15 is 0 Å². The van der Waals surface area contributed by atoms with Gasteiger partial charge >= 0.3 is 0 Å². The lowest BCUT2D eigenvalue weighted by Crippen LogP contribution is -1.93. The Bertz CT molecular complexity index is 583. The fourth-order valence-electron chi connectivity index (χ4n) is 1.60. The van der Waals surface area contributed by atoms with E-state index in [9.17, 15) is 9.18 Å². The lowest BCUT2D eigenvalue weighted by molar-refractivity contribution is 0.104. The summed E-state index contributed by atoms with van der Waals surface area (Å²) in [5, 5.41) is 0. The molecule has 0 amide bonds. The van der Waals surface area contributed by atoms with Crippen molar-refractivity contribution in [3.63, 3.8) is 0 Å². The van der Waals surface area contributed by atoms with Crippen molar-refractivity contribution in [2.45, 2.75) is 0 Å². The number of benzene rings is 2. The number of rotatable bonds is 4. The van der Waals surface area contributed by atoms with Gasteiger partial charge in [-0.3, -0.25) is 4.79 Å². The summed E-state index contributed by atoms with van der Waals surface area (Å²) >= 11 is 0. The van der Waals surface area contributed by atoms with Crippen LogP contribution in [0.15, 0.2) is 54.6 Å². The molecule has 2 aromatic carbocycles. The van der Waals surface area contributed by atoms with Gasteiger partial charge in [0.1, 0.15) is 11.6 Å². The summed E-state index contributed by atoms with van der Waals surface area (Å²) in [6.07, 6.45) is 3.18. The summed E-state index contributed by atoms with van der Waals surface area (Å²) in [6, 6.07) is 12.8. The summed E-state index contributed by atoms with van der Waals surface area (Å²) in [6.45, 7) is 0. The molecular weight excluding hydrogens is 243 g/mol. The van der Waals surface area contributed by atoms with Gasteiger partial charge in [-0.25, -0.2) is 4.39 Å². The van der Waals surface area contributed by atoms with Gasteiger partial charge in [-0.15, -0.1) is 0 Å². The van der Waals surface area contributed by atoms with Gasteiger partial charge in [0.05, 0.1) is 7.11 Å². The monoisotopic (exact) mass is 256 g/mol. The Labute approximate surface area is 111 Å². The highest BCUT2D eigenvalue weighted by Gasteiger charge is 2.01. The van der Waals surface area contributed by atoms with Crippen molar-refractivity contribution in [3.05, 3.63) is 71.6 Å². The van der Waals surface area contributed by atoms with Gasteiger partial charge in [-0.1, -0.05) is 18.2 Å². The zero-order valence-electron chi connectivity index (χ0n) is 10.5. The predicted molar refractivity (Wildman–Crippen MR) is 72.8 cm³/mol. The minimum absolute atomic E-state index is 0.157. The molecule has 96 valence electrons. The van der Waals surface area contributed by atoms with E-state index in [0.717, 1.165) is 11.3 Å². The molecule has 0 aliphatic rings. The lowest BCUT2D eigenvalue weighted by atomic mass is 10.1. The van der Waals surface area contributed by atoms with E-state index in [1.54, 1.807) is 13.2 Å². The minimum atomic E-state index is -0.351. The minimum Gasteiger partial charge on any atom is -0.497 e. The standard InChI is InChI=1S/C16H13FO2/c1-19-15-9-2-12(3-10-15)4-11-16(18)13-5-7-14(17)8-6-13/h2-11H,1H3/b11-4+. The molecule has 0 fully saturated rings. The van der Waals surface area contributed by atoms with E-state index in [4.69, 9.17) is 4.74 Å². The number of halogens is 1. The number of ether oxygens (including phenoxy) is 1. The second-order valence-electron chi connectivity index (χ2n) is 3.98. The van der Waals surface area contributed by atoms with Gasteiger partial charge in [-0.2, -0.15) is 0 Å². The summed E-state index contributed by atoms with van der Waals surface area (Å²) in [4.78, 5) is 11.8. The summed E-state index contributed by atoms with van der Waals surface area (Å²) in [7, 11) is 1.60. The highest BCUT2D eigenvalue weighted by molar-refractivity contribution is 6.06. The molecule has 0 bridgehead atoms. The molecule has 19 heavy (non-hydrogen) atoms. The van der Waals surface area contributed by atoms with Crippen LogP contribution in [0.1, 0.15) is 15.9 Å². The Morgan fingerprint density at radius 2 is 1.68 bits per heavy atom. The number of carbonyl (C=O) groups is 1.